The summed E-state index contributed by atoms with van der Waals surface area (Å²) in [7, 11) is 3.28. The highest BCUT2D eigenvalue weighted by Crippen LogP contribution is 2.28. The summed E-state index contributed by atoms with van der Waals surface area (Å²) in [5, 5.41) is 6.89. The van der Waals surface area contributed by atoms with Crippen LogP contribution in [0.15, 0.2) is 34.9 Å². The first-order valence-corrected chi connectivity index (χ1v) is 9.28. The molecule has 146 valence electrons. The molecule has 2 aromatic rings. The molecule has 1 aliphatic rings. The largest absolute Gasteiger partial charge is 0.497 e. The molecule has 0 radical (unpaired) electrons. The molecule has 3 rings (SSSR count). The fourth-order valence-electron chi connectivity index (χ4n) is 3.41. The van der Waals surface area contributed by atoms with Gasteiger partial charge in [0.25, 0.3) is 5.91 Å². The predicted molar refractivity (Wildman–Crippen MR) is 101 cm³/mol. The average Bonchev–Trinajstić information content (AvgIpc) is 3.19. The van der Waals surface area contributed by atoms with E-state index < -0.39 is 0 Å². The van der Waals surface area contributed by atoms with E-state index in [-0.39, 0.29) is 17.6 Å². The molecular weight excluding hydrogens is 346 g/mol. The van der Waals surface area contributed by atoms with Crippen LogP contribution in [0.1, 0.15) is 40.6 Å². The zero-order chi connectivity index (χ0) is 19.1. The number of nitrogens with zero attached hydrogens (tertiary/aromatic N) is 2. The lowest BCUT2D eigenvalue weighted by atomic mass is 9.94. The van der Waals surface area contributed by atoms with Gasteiger partial charge in [-0.05, 0) is 37.1 Å². The Labute approximate surface area is 159 Å². The van der Waals surface area contributed by atoms with Crippen LogP contribution in [-0.4, -0.2) is 56.4 Å². The Morgan fingerprint density at radius 3 is 3.07 bits per heavy atom. The van der Waals surface area contributed by atoms with E-state index in [0.717, 1.165) is 43.9 Å². The number of nitrogens with one attached hydrogen (secondary N) is 1. The van der Waals surface area contributed by atoms with Crippen molar-refractivity contribution < 1.29 is 18.8 Å². The molecule has 27 heavy (non-hydrogen) atoms. The van der Waals surface area contributed by atoms with Gasteiger partial charge in [-0.3, -0.25) is 9.69 Å². The maximum absolute atomic E-state index is 12.1. The van der Waals surface area contributed by atoms with Crippen molar-refractivity contribution in [3.63, 3.8) is 0 Å². The van der Waals surface area contributed by atoms with Gasteiger partial charge in [0.2, 0.25) is 5.76 Å². The van der Waals surface area contributed by atoms with Gasteiger partial charge in [-0.2, -0.15) is 0 Å². The number of carbonyl (C=O) groups excluding carboxylic acids is 1. The van der Waals surface area contributed by atoms with Gasteiger partial charge < -0.3 is 19.3 Å². The summed E-state index contributed by atoms with van der Waals surface area (Å²) in [4.78, 5) is 14.5. The second-order valence-electron chi connectivity index (χ2n) is 6.79. The number of benzene rings is 1. The van der Waals surface area contributed by atoms with Crippen LogP contribution in [-0.2, 0) is 11.3 Å². The lowest BCUT2D eigenvalue weighted by Gasteiger charge is -2.31. The summed E-state index contributed by atoms with van der Waals surface area (Å²) in [6.07, 6.45) is 2.14. The molecule has 1 fully saturated rings. The predicted octanol–water partition coefficient (Wildman–Crippen LogP) is 2.44. The Balaban J connectivity index is 1.58. The van der Waals surface area contributed by atoms with Crippen molar-refractivity contribution in [1.82, 2.24) is 15.4 Å². The first-order chi connectivity index (χ1) is 13.2. The maximum Gasteiger partial charge on any atom is 0.289 e. The summed E-state index contributed by atoms with van der Waals surface area (Å²) in [5.74, 6) is 1.15. The standard InChI is InChI=1S/C20H27N3O4/c1-25-10-8-21-20(24)19-12-18(22-27-19)16-6-4-9-23(14-16)13-15-5-3-7-17(11-15)26-2/h3,5,7,11-12,16H,4,6,8-10,13-14H2,1-2H3,(H,21,24)/t16-/m1/s1. The van der Waals surface area contributed by atoms with Crippen LogP contribution in [0.4, 0.5) is 0 Å². The van der Waals surface area contributed by atoms with E-state index in [1.54, 1.807) is 20.3 Å². The fourth-order valence-corrected chi connectivity index (χ4v) is 3.41. The molecule has 1 saturated heterocycles. The summed E-state index contributed by atoms with van der Waals surface area (Å²) in [6.45, 7) is 3.73. The van der Waals surface area contributed by atoms with Gasteiger partial charge in [0, 0.05) is 38.7 Å². The minimum absolute atomic E-state index is 0.255. The molecule has 1 aliphatic heterocycles. The number of carbonyl (C=O) groups is 1. The van der Waals surface area contributed by atoms with Gasteiger partial charge in [-0.15, -0.1) is 0 Å². The molecule has 2 heterocycles. The van der Waals surface area contributed by atoms with Gasteiger partial charge in [-0.25, -0.2) is 0 Å². The highest BCUT2D eigenvalue weighted by Gasteiger charge is 2.25. The third kappa shape index (κ3) is 5.30. The van der Waals surface area contributed by atoms with Crippen molar-refractivity contribution in [2.24, 2.45) is 0 Å². The molecule has 0 spiro atoms. The Kier molecular flexibility index (Phi) is 6.84. The van der Waals surface area contributed by atoms with E-state index in [2.05, 4.69) is 27.5 Å². The first-order valence-electron chi connectivity index (χ1n) is 9.28. The van der Waals surface area contributed by atoms with E-state index in [0.29, 0.717) is 13.2 Å². The van der Waals surface area contributed by atoms with Crippen molar-refractivity contribution in [3.8, 4) is 5.75 Å². The number of aromatic nitrogens is 1. The molecule has 0 unspecified atom stereocenters. The van der Waals surface area contributed by atoms with Crippen LogP contribution in [0, 0.1) is 0 Å². The summed E-state index contributed by atoms with van der Waals surface area (Å²) in [5.41, 5.74) is 2.08. The quantitative estimate of drug-likeness (QED) is 0.716. The van der Waals surface area contributed by atoms with Gasteiger partial charge >= 0.3 is 0 Å². The number of amides is 1. The molecule has 7 nitrogen and oxygen atoms in total. The molecule has 0 saturated carbocycles. The topological polar surface area (TPSA) is 76.8 Å². The lowest BCUT2D eigenvalue weighted by molar-refractivity contribution is 0.0900. The highest BCUT2D eigenvalue weighted by atomic mass is 16.5. The maximum atomic E-state index is 12.1. The molecule has 1 aromatic heterocycles. The molecule has 1 atom stereocenters. The third-order valence-corrected chi connectivity index (χ3v) is 4.81. The monoisotopic (exact) mass is 373 g/mol. The molecular formula is C20H27N3O4. The number of hydrogen-bond donors (Lipinski definition) is 1. The highest BCUT2D eigenvalue weighted by molar-refractivity contribution is 5.91. The Morgan fingerprint density at radius 2 is 2.26 bits per heavy atom. The number of hydrogen-bond acceptors (Lipinski definition) is 6. The zero-order valence-electron chi connectivity index (χ0n) is 15.9. The minimum atomic E-state index is -0.255. The van der Waals surface area contributed by atoms with Crippen molar-refractivity contribution in [1.29, 1.82) is 0 Å². The molecule has 1 N–H and O–H groups in total. The van der Waals surface area contributed by atoms with Crippen molar-refractivity contribution >= 4 is 5.91 Å². The van der Waals surface area contributed by atoms with E-state index in [4.69, 9.17) is 14.0 Å². The molecule has 1 amide bonds. The summed E-state index contributed by atoms with van der Waals surface area (Å²) in [6, 6.07) is 9.92. The number of ether oxygens (including phenoxy) is 2. The van der Waals surface area contributed by atoms with Gasteiger partial charge in [0.05, 0.1) is 19.4 Å². The molecule has 1 aromatic carbocycles. The van der Waals surface area contributed by atoms with Crippen LogP contribution in [0.25, 0.3) is 0 Å². The van der Waals surface area contributed by atoms with E-state index in [1.165, 1.54) is 5.56 Å². The first kappa shape index (κ1) is 19.4. The van der Waals surface area contributed by atoms with E-state index in [9.17, 15) is 4.79 Å². The second kappa shape index (κ2) is 9.53. The number of methoxy groups -OCH3 is 2. The fraction of sp³-hybridized carbons (Fsp3) is 0.500. The van der Waals surface area contributed by atoms with Crippen LogP contribution < -0.4 is 10.1 Å². The average molecular weight is 373 g/mol. The summed E-state index contributed by atoms with van der Waals surface area (Å²) < 4.78 is 15.5. The van der Waals surface area contributed by atoms with Crippen LogP contribution in [0.2, 0.25) is 0 Å². The SMILES string of the molecule is COCCNC(=O)c1cc([C@@H]2CCCN(Cc3cccc(OC)c3)C2)no1. The van der Waals surface area contributed by atoms with Gasteiger partial charge in [0.1, 0.15) is 5.75 Å². The second-order valence-corrected chi connectivity index (χ2v) is 6.79. The summed E-state index contributed by atoms with van der Waals surface area (Å²) >= 11 is 0. The molecule has 0 bridgehead atoms. The van der Waals surface area contributed by atoms with Gasteiger partial charge in [0.15, 0.2) is 0 Å². The van der Waals surface area contributed by atoms with Gasteiger partial charge in [-0.1, -0.05) is 17.3 Å². The van der Waals surface area contributed by atoms with Crippen molar-refractivity contribution in [2.75, 3.05) is 40.5 Å². The van der Waals surface area contributed by atoms with E-state index in [1.807, 2.05) is 12.1 Å². The van der Waals surface area contributed by atoms with Crippen LogP contribution >= 0.6 is 0 Å². The Bertz CT molecular complexity index is 746. The van der Waals surface area contributed by atoms with Crippen LogP contribution in [0.5, 0.6) is 5.75 Å². The number of piperidine rings is 1. The molecule has 0 aliphatic carbocycles. The number of rotatable bonds is 8. The van der Waals surface area contributed by atoms with Crippen LogP contribution in [0.3, 0.4) is 0 Å². The third-order valence-electron chi connectivity index (χ3n) is 4.81. The van der Waals surface area contributed by atoms with Crippen molar-refractivity contribution in [3.05, 3.63) is 47.3 Å². The van der Waals surface area contributed by atoms with Crippen molar-refractivity contribution in [2.45, 2.75) is 25.3 Å². The number of likely N-dealkylation sites (tertiary alicyclic amines) is 1. The Morgan fingerprint density at radius 1 is 1.37 bits per heavy atom. The smallest absolute Gasteiger partial charge is 0.289 e. The minimum Gasteiger partial charge on any atom is -0.497 e. The Hall–Kier alpha value is -2.38. The normalized spacial score (nSPS) is 17.6. The lowest BCUT2D eigenvalue weighted by Crippen LogP contribution is -2.34. The zero-order valence-corrected chi connectivity index (χ0v) is 15.9. The molecule has 7 heteroatoms. The van der Waals surface area contributed by atoms with E-state index >= 15 is 0 Å².